The molecule has 1 heterocycles. The van der Waals surface area contributed by atoms with E-state index >= 15 is 0 Å². The quantitative estimate of drug-likeness (QED) is 0.842. The Morgan fingerprint density at radius 2 is 2.11 bits per heavy atom. The van der Waals surface area contributed by atoms with Gasteiger partial charge in [-0.05, 0) is 38.9 Å². The normalized spacial score (nSPS) is 18.1. The highest BCUT2D eigenvalue weighted by atomic mass is 19.1. The first-order valence-corrected chi connectivity index (χ1v) is 6.59. The first kappa shape index (κ1) is 13.3. The lowest BCUT2D eigenvalue weighted by Gasteiger charge is -2.24. The first-order valence-electron chi connectivity index (χ1n) is 6.59. The molecule has 0 spiro atoms. The highest BCUT2D eigenvalue weighted by Gasteiger charge is 2.17. The molecule has 4 heteroatoms. The lowest BCUT2D eigenvalue weighted by atomic mass is 10.2. The van der Waals surface area contributed by atoms with Crippen LogP contribution in [0.4, 0.5) is 4.39 Å². The van der Waals surface area contributed by atoms with E-state index in [1.54, 1.807) is 12.1 Å². The van der Waals surface area contributed by atoms with Crippen LogP contribution >= 0.6 is 0 Å². The maximum absolute atomic E-state index is 13.1. The molecule has 0 saturated carbocycles. The summed E-state index contributed by atoms with van der Waals surface area (Å²) >= 11 is 0. The van der Waals surface area contributed by atoms with Gasteiger partial charge in [0.25, 0.3) is 0 Å². The van der Waals surface area contributed by atoms with Gasteiger partial charge in [-0.25, -0.2) is 4.39 Å². The predicted octanol–water partition coefficient (Wildman–Crippen LogP) is 2.11. The molecule has 1 aromatic carbocycles. The van der Waals surface area contributed by atoms with E-state index in [-0.39, 0.29) is 5.75 Å². The molecule has 1 aliphatic rings. The molecule has 0 amide bonds. The van der Waals surface area contributed by atoms with Crippen LogP contribution in [0, 0.1) is 5.82 Å². The molecule has 1 aromatic rings. The summed E-state index contributed by atoms with van der Waals surface area (Å²) in [5.74, 6) is -0.791. The number of benzene rings is 1. The fourth-order valence-electron chi connectivity index (χ4n) is 2.43. The Kier molecular flexibility index (Phi) is 4.55. The van der Waals surface area contributed by atoms with Crippen molar-refractivity contribution in [3.8, 4) is 5.75 Å². The van der Waals surface area contributed by atoms with Crippen LogP contribution in [0.25, 0.3) is 0 Å². The summed E-state index contributed by atoms with van der Waals surface area (Å²) < 4.78 is 13.1. The van der Waals surface area contributed by atoms with Crippen LogP contribution in [0.2, 0.25) is 0 Å². The molecule has 1 atom stereocenters. The van der Waals surface area contributed by atoms with Crippen molar-refractivity contribution in [2.45, 2.75) is 32.4 Å². The summed E-state index contributed by atoms with van der Waals surface area (Å²) in [7, 11) is 0. The van der Waals surface area contributed by atoms with Gasteiger partial charge >= 0.3 is 0 Å². The van der Waals surface area contributed by atoms with E-state index in [1.165, 1.54) is 32.0 Å². The van der Waals surface area contributed by atoms with Crippen molar-refractivity contribution in [2.24, 2.45) is 0 Å². The lowest BCUT2D eigenvalue weighted by molar-refractivity contribution is 0.251. The SMILES string of the molecule is CC(CNCc1cccc(F)c1O)N1CCCC1. The molecule has 1 saturated heterocycles. The van der Waals surface area contributed by atoms with E-state index in [0.29, 0.717) is 18.2 Å². The van der Waals surface area contributed by atoms with Crippen LogP contribution < -0.4 is 5.32 Å². The Bertz CT molecular complexity index is 391. The standard InChI is InChI=1S/C14H21FN2O/c1-11(17-7-2-3-8-17)9-16-10-12-5-4-6-13(15)14(12)18/h4-6,11,16,18H,2-3,7-10H2,1H3. The number of hydrogen-bond acceptors (Lipinski definition) is 3. The number of likely N-dealkylation sites (tertiary alicyclic amines) is 1. The van der Waals surface area contributed by atoms with Gasteiger partial charge in [-0.3, -0.25) is 4.90 Å². The minimum Gasteiger partial charge on any atom is -0.505 e. The molecule has 100 valence electrons. The van der Waals surface area contributed by atoms with E-state index in [2.05, 4.69) is 17.1 Å². The maximum atomic E-state index is 13.1. The average molecular weight is 252 g/mol. The van der Waals surface area contributed by atoms with Crippen molar-refractivity contribution in [3.05, 3.63) is 29.6 Å². The van der Waals surface area contributed by atoms with Gasteiger partial charge in [0.15, 0.2) is 11.6 Å². The first-order chi connectivity index (χ1) is 8.68. The van der Waals surface area contributed by atoms with Gasteiger partial charge in [-0.15, -0.1) is 0 Å². The second-order valence-electron chi connectivity index (χ2n) is 4.97. The number of para-hydroxylation sites is 1. The van der Waals surface area contributed by atoms with E-state index in [1.807, 2.05) is 0 Å². The summed E-state index contributed by atoms with van der Waals surface area (Å²) in [6, 6.07) is 5.12. The Labute approximate surface area is 108 Å². The number of nitrogens with zero attached hydrogens (tertiary/aromatic N) is 1. The molecule has 1 fully saturated rings. The molecule has 2 rings (SSSR count). The Morgan fingerprint density at radius 3 is 2.83 bits per heavy atom. The van der Waals surface area contributed by atoms with Crippen LogP contribution in [0.1, 0.15) is 25.3 Å². The lowest BCUT2D eigenvalue weighted by Crippen LogP contribution is -2.38. The molecule has 1 aliphatic heterocycles. The number of phenols is 1. The number of nitrogens with one attached hydrogen (secondary N) is 1. The van der Waals surface area contributed by atoms with E-state index in [9.17, 15) is 9.50 Å². The third-order valence-electron chi connectivity index (χ3n) is 3.59. The van der Waals surface area contributed by atoms with Gasteiger partial charge in [0.2, 0.25) is 0 Å². The maximum Gasteiger partial charge on any atom is 0.165 e. The van der Waals surface area contributed by atoms with Gasteiger partial charge in [0.05, 0.1) is 0 Å². The zero-order valence-corrected chi connectivity index (χ0v) is 10.8. The molecule has 0 aromatic heterocycles. The van der Waals surface area contributed by atoms with Gasteiger partial charge in [0.1, 0.15) is 0 Å². The highest BCUT2D eigenvalue weighted by molar-refractivity contribution is 5.33. The summed E-state index contributed by atoms with van der Waals surface area (Å²) in [5.41, 5.74) is 0.614. The molecule has 18 heavy (non-hydrogen) atoms. The summed E-state index contributed by atoms with van der Waals surface area (Å²) in [6.45, 7) is 5.91. The smallest absolute Gasteiger partial charge is 0.165 e. The zero-order chi connectivity index (χ0) is 13.0. The summed E-state index contributed by atoms with van der Waals surface area (Å²) in [5, 5.41) is 12.8. The van der Waals surface area contributed by atoms with E-state index in [0.717, 1.165) is 6.54 Å². The second kappa shape index (κ2) is 6.16. The Morgan fingerprint density at radius 1 is 1.39 bits per heavy atom. The number of halogens is 1. The van der Waals surface area contributed by atoms with Gasteiger partial charge in [-0.1, -0.05) is 12.1 Å². The molecular formula is C14H21FN2O. The molecule has 0 bridgehead atoms. The van der Waals surface area contributed by atoms with Crippen molar-refractivity contribution in [1.82, 2.24) is 10.2 Å². The minimum absolute atomic E-state index is 0.237. The Hall–Kier alpha value is -1.13. The van der Waals surface area contributed by atoms with Gasteiger partial charge in [-0.2, -0.15) is 0 Å². The molecule has 0 aliphatic carbocycles. The molecular weight excluding hydrogens is 231 g/mol. The monoisotopic (exact) mass is 252 g/mol. The molecule has 1 unspecified atom stereocenters. The third kappa shape index (κ3) is 3.21. The van der Waals surface area contributed by atoms with Crippen LogP contribution in [0.5, 0.6) is 5.75 Å². The van der Waals surface area contributed by atoms with Crippen LogP contribution in [-0.4, -0.2) is 35.7 Å². The van der Waals surface area contributed by atoms with Gasteiger partial charge in [0, 0.05) is 24.7 Å². The second-order valence-corrected chi connectivity index (χ2v) is 4.97. The van der Waals surface area contributed by atoms with Crippen molar-refractivity contribution in [3.63, 3.8) is 0 Å². The van der Waals surface area contributed by atoms with Crippen molar-refractivity contribution in [1.29, 1.82) is 0 Å². The molecule has 2 N–H and O–H groups in total. The van der Waals surface area contributed by atoms with Crippen molar-refractivity contribution in [2.75, 3.05) is 19.6 Å². The largest absolute Gasteiger partial charge is 0.505 e. The molecule has 3 nitrogen and oxygen atoms in total. The topological polar surface area (TPSA) is 35.5 Å². The summed E-state index contributed by atoms with van der Waals surface area (Å²) in [4.78, 5) is 2.46. The van der Waals surface area contributed by atoms with Crippen LogP contribution in [0.15, 0.2) is 18.2 Å². The van der Waals surface area contributed by atoms with E-state index in [4.69, 9.17) is 0 Å². The van der Waals surface area contributed by atoms with E-state index < -0.39 is 5.82 Å². The fraction of sp³-hybridized carbons (Fsp3) is 0.571. The number of phenolic OH excluding ortho intramolecular Hbond substituents is 1. The van der Waals surface area contributed by atoms with Crippen molar-refractivity contribution < 1.29 is 9.50 Å². The average Bonchev–Trinajstić information content (AvgIpc) is 2.88. The zero-order valence-electron chi connectivity index (χ0n) is 10.8. The summed E-state index contributed by atoms with van der Waals surface area (Å²) in [6.07, 6.45) is 2.57. The van der Waals surface area contributed by atoms with Crippen LogP contribution in [-0.2, 0) is 6.54 Å². The van der Waals surface area contributed by atoms with Crippen molar-refractivity contribution >= 4 is 0 Å². The number of hydrogen-bond donors (Lipinski definition) is 2. The predicted molar refractivity (Wildman–Crippen MR) is 70.0 cm³/mol. The third-order valence-corrected chi connectivity index (χ3v) is 3.59. The fourth-order valence-corrected chi connectivity index (χ4v) is 2.43. The number of aromatic hydroxyl groups is 1. The van der Waals surface area contributed by atoms with Crippen LogP contribution in [0.3, 0.4) is 0 Å². The number of rotatable bonds is 5. The molecule has 0 radical (unpaired) electrons. The highest BCUT2D eigenvalue weighted by Crippen LogP contribution is 2.20. The minimum atomic E-state index is -0.554. The van der Waals surface area contributed by atoms with Gasteiger partial charge < -0.3 is 10.4 Å². The Balaban J connectivity index is 1.79.